The molecule has 4 heteroatoms. The largest absolute Gasteiger partial charge is 0.463 e. The summed E-state index contributed by atoms with van der Waals surface area (Å²) in [5, 5.41) is 3.21. The van der Waals surface area contributed by atoms with Gasteiger partial charge >= 0.3 is 5.97 Å². The van der Waals surface area contributed by atoms with Gasteiger partial charge in [0.05, 0.1) is 19.3 Å². The van der Waals surface area contributed by atoms with E-state index >= 15 is 0 Å². The first kappa shape index (κ1) is 11.2. The summed E-state index contributed by atoms with van der Waals surface area (Å²) >= 11 is 0. The lowest BCUT2D eigenvalue weighted by Gasteiger charge is -2.16. The molecule has 1 rings (SSSR count). The molecule has 0 radical (unpaired) electrons. The topological polar surface area (TPSA) is 47.6 Å². The number of hydrogen-bond donors (Lipinski definition) is 1. The minimum atomic E-state index is -0.306. The van der Waals surface area contributed by atoms with Crippen LogP contribution in [0.1, 0.15) is 20.8 Å². The summed E-state index contributed by atoms with van der Waals surface area (Å²) in [4.78, 5) is 11.0. The third-order valence-corrected chi connectivity index (χ3v) is 1.91. The van der Waals surface area contributed by atoms with E-state index in [9.17, 15) is 4.79 Å². The Balaban J connectivity index is 2.35. The minimum absolute atomic E-state index is 0.0920. The highest BCUT2D eigenvalue weighted by Gasteiger charge is 2.29. The van der Waals surface area contributed by atoms with Crippen molar-refractivity contribution in [1.29, 1.82) is 0 Å². The molecule has 1 fully saturated rings. The molecule has 0 bridgehead atoms. The number of carbonyl (C=O) groups is 1. The number of nitrogens with one attached hydrogen (secondary N) is 1. The van der Waals surface area contributed by atoms with Crippen molar-refractivity contribution in [3.8, 4) is 0 Å². The zero-order chi connectivity index (χ0) is 10.6. The Morgan fingerprint density at radius 2 is 2.43 bits per heavy atom. The monoisotopic (exact) mass is 199 g/mol. The van der Waals surface area contributed by atoms with E-state index in [1.54, 1.807) is 13.0 Å². The maximum Gasteiger partial charge on any atom is 0.330 e. The molecule has 1 saturated heterocycles. The molecular formula is C10H17NO3. The van der Waals surface area contributed by atoms with Gasteiger partial charge in [0, 0.05) is 6.08 Å². The van der Waals surface area contributed by atoms with Gasteiger partial charge in [0.25, 0.3) is 0 Å². The molecular weight excluding hydrogens is 182 g/mol. The molecule has 0 aromatic heterocycles. The van der Waals surface area contributed by atoms with E-state index in [1.807, 2.05) is 13.8 Å². The summed E-state index contributed by atoms with van der Waals surface area (Å²) in [6.45, 7) is 6.67. The molecule has 1 atom stereocenters. The summed E-state index contributed by atoms with van der Waals surface area (Å²) in [6.07, 6.45) is 3.21. The lowest BCUT2D eigenvalue weighted by molar-refractivity contribution is -0.137. The number of ether oxygens (including phenoxy) is 2. The zero-order valence-corrected chi connectivity index (χ0v) is 8.87. The van der Waals surface area contributed by atoms with E-state index < -0.39 is 0 Å². The van der Waals surface area contributed by atoms with E-state index in [2.05, 4.69) is 5.32 Å². The van der Waals surface area contributed by atoms with Gasteiger partial charge in [-0.2, -0.15) is 0 Å². The second-order valence-electron chi connectivity index (χ2n) is 3.68. The van der Waals surface area contributed by atoms with Crippen LogP contribution in [-0.4, -0.2) is 30.9 Å². The highest BCUT2D eigenvalue weighted by molar-refractivity contribution is 5.81. The molecule has 0 unspecified atom stereocenters. The molecule has 4 nitrogen and oxygen atoms in total. The highest BCUT2D eigenvalue weighted by atomic mass is 16.5. The second-order valence-corrected chi connectivity index (χ2v) is 3.68. The lowest BCUT2D eigenvalue weighted by atomic mass is 10.2. The van der Waals surface area contributed by atoms with Crippen LogP contribution in [0.3, 0.4) is 0 Å². The second kappa shape index (κ2) is 4.57. The van der Waals surface area contributed by atoms with Crippen molar-refractivity contribution in [2.45, 2.75) is 32.5 Å². The Labute approximate surface area is 84.3 Å². The first-order chi connectivity index (χ1) is 6.53. The lowest BCUT2D eigenvalue weighted by Crippen LogP contribution is -2.37. The van der Waals surface area contributed by atoms with Crippen molar-refractivity contribution >= 4 is 5.97 Å². The van der Waals surface area contributed by atoms with E-state index in [0.717, 1.165) is 0 Å². The summed E-state index contributed by atoms with van der Waals surface area (Å²) in [5.74, 6) is -0.306. The number of rotatable bonds is 3. The third-order valence-electron chi connectivity index (χ3n) is 1.91. The average Bonchev–Trinajstić information content (AvgIpc) is 2.43. The fourth-order valence-electron chi connectivity index (χ4n) is 1.32. The molecule has 0 saturated carbocycles. The summed E-state index contributed by atoms with van der Waals surface area (Å²) in [7, 11) is 0. The molecule has 0 aromatic rings. The quantitative estimate of drug-likeness (QED) is 0.540. The van der Waals surface area contributed by atoms with Crippen molar-refractivity contribution < 1.29 is 14.3 Å². The van der Waals surface area contributed by atoms with Crippen molar-refractivity contribution in [2.24, 2.45) is 0 Å². The minimum Gasteiger partial charge on any atom is -0.463 e. The average molecular weight is 199 g/mol. The van der Waals surface area contributed by atoms with Crippen LogP contribution in [-0.2, 0) is 14.3 Å². The maximum atomic E-state index is 11.0. The summed E-state index contributed by atoms with van der Waals surface area (Å²) < 4.78 is 10.2. The van der Waals surface area contributed by atoms with Crippen LogP contribution >= 0.6 is 0 Å². The van der Waals surface area contributed by atoms with Gasteiger partial charge in [0.1, 0.15) is 5.72 Å². The van der Waals surface area contributed by atoms with Gasteiger partial charge < -0.3 is 9.47 Å². The molecule has 0 amide bonds. The van der Waals surface area contributed by atoms with Gasteiger partial charge in [-0.15, -0.1) is 0 Å². The third kappa shape index (κ3) is 3.47. The van der Waals surface area contributed by atoms with Crippen LogP contribution < -0.4 is 5.32 Å². The smallest absolute Gasteiger partial charge is 0.330 e. The molecule has 0 aromatic carbocycles. The van der Waals surface area contributed by atoms with Crippen LogP contribution in [0.25, 0.3) is 0 Å². The predicted octanol–water partition coefficient (Wildman–Crippen LogP) is 0.830. The van der Waals surface area contributed by atoms with Gasteiger partial charge in [-0.05, 0) is 20.8 Å². The van der Waals surface area contributed by atoms with Crippen LogP contribution in [0.5, 0.6) is 0 Å². The molecule has 0 aliphatic carbocycles. The van der Waals surface area contributed by atoms with Gasteiger partial charge in [-0.3, -0.25) is 5.32 Å². The fraction of sp³-hybridized carbons (Fsp3) is 0.700. The Kier molecular flexibility index (Phi) is 3.66. The SMILES string of the molecule is CCOC(=O)/C=C/[C@H]1COC(C)(C)N1. The van der Waals surface area contributed by atoms with Crippen LogP contribution in [0.15, 0.2) is 12.2 Å². The summed E-state index contributed by atoms with van der Waals surface area (Å²) in [6, 6.07) is 0.0920. The normalized spacial score (nSPS) is 25.5. The van der Waals surface area contributed by atoms with E-state index in [4.69, 9.17) is 9.47 Å². The highest BCUT2D eigenvalue weighted by Crippen LogP contribution is 2.14. The van der Waals surface area contributed by atoms with Crippen molar-refractivity contribution in [1.82, 2.24) is 5.32 Å². The van der Waals surface area contributed by atoms with E-state index in [0.29, 0.717) is 13.2 Å². The van der Waals surface area contributed by atoms with Crippen LogP contribution in [0.4, 0.5) is 0 Å². The maximum absolute atomic E-state index is 11.0. The van der Waals surface area contributed by atoms with Gasteiger partial charge in [-0.1, -0.05) is 6.08 Å². The Bertz CT molecular complexity index is 236. The first-order valence-corrected chi connectivity index (χ1v) is 4.80. The molecule has 80 valence electrons. The van der Waals surface area contributed by atoms with Crippen LogP contribution in [0, 0.1) is 0 Å². The molecule has 1 aliphatic heterocycles. The van der Waals surface area contributed by atoms with E-state index in [1.165, 1.54) is 6.08 Å². The number of hydrogen-bond acceptors (Lipinski definition) is 4. The van der Waals surface area contributed by atoms with Crippen LogP contribution in [0.2, 0.25) is 0 Å². The summed E-state index contributed by atoms with van der Waals surface area (Å²) in [5.41, 5.74) is -0.302. The standard InChI is InChI=1S/C10H17NO3/c1-4-13-9(12)6-5-8-7-14-10(2,3)11-8/h5-6,8,11H,4,7H2,1-3H3/b6-5+/t8-/m0/s1. The molecule has 1 N–H and O–H groups in total. The van der Waals surface area contributed by atoms with E-state index in [-0.39, 0.29) is 17.7 Å². The molecule has 14 heavy (non-hydrogen) atoms. The Morgan fingerprint density at radius 1 is 1.71 bits per heavy atom. The Hall–Kier alpha value is -0.870. The van der Waals surface area contributed by atoms with Crippen molar-refractivity contribution in [3.63, 3.8) is 0 Å². The van der Waals surface area contributed by atoms with Gasteiger partial charge in [0.15, 0.2) is 0 Å². The van der Waals surface area contributed by atoms with Gasteiger partial charge in [0.2, 0.25) is 0 Å². The number of carbonyl (C=O) groups excluding carboxylic acids is 1. The van der Waals surface area contributed by atoms with Crippen molar-refractivity contribution in [2.75, 3.05) is 13.2 Å². The van der Waals surface area contributed by atoms with Gasteiger partial charge in [-0.25, -0.2) is 4.79 Å². The molecule has 0 spiro atoms. The molecule has 1 heterocycles. The Morgan fingerprint density at radius 3 is 2.93 bits per heavy atom. The first-order valence-electron chi connectivity index (χ1n) is 4.80. The predicted molar refractivity (Wildman–Crippen MR) is 52.7 cm³/mol. The molecule has 1 aliphatic rings. The fourth-order valence-corrected chi connectivity index (χ4v) is 1.32. The van der Waals surface area contributed by atoms with Crippen molar-refractivity contribution in [3.05, 3.63) is 12.2 Å². The number of esters is 1. The zero-order valence-electron chi connectivity index (χ0n) is 8.87.